The Morgan fingerprint density at radius 1 is 1.48 bits per heavy atom. The Balaban J connectivity index is 1.81. The predicted octanol–water partition coefficient (Wildman–Crippen LogP) is 4.40. The predicted molar refractivity (Wildman–Crippen MR) is 94.4 cm³/mol. The van der Waals surface area contributed by atoms with E-state index >= 15 is 0 Å². The quantitative estimate of drug-likeness (QED) is 0.436. The van der Waals surface area contributed by atoms with Gasteiger partial charge < -0.3 is 0 Å². The topological polar surface area (TPSA) is 54.4 Å². The van der Waals surface area contributed by atoms with Gasteiger partial charge in [-0.3, -0.25) is 4.79 Å². The van der Waals surface area contributed by atoms with E-state index in [1.807, 2.05) is 24.3 Å². The van der Waals surface area contributed by atoms with E-state index in [1.165, 1.54) is 11.8 Å². The number of unbranched alkanes of at least 4 members (excludes halogenated alkanes) is 1. The van der Waals surface area contributed by atoms with Crippen LogP contribution in [0.3, 0.4) is 0 Å². The Kier molecular flexibility index (Phi) is 6.66. The van der Waals surface area contributed by atoms with Crippen LogP contribution >= 0.6 is 39.0 Å². The van der Waals surface area contributed by atoms with Crippen LogP contribution in [0.4, 0.5) is 0 Å². The summed E-state index contributed by atoms with van der Waals surface area (Å²) in [5.41, 5.74) is 3.53. The number of para-hydroxylation sites is 1. The minimum Gasteiger partial charge on any atom is -0.272 e. The molecule has 0 aliphatic carbocycles. The van der Waals surface area contributed by atoms with E-state index in [-0.39, 0.29) is 5.91 Å². The zero-order valence-electron chi connectivity index (χ0n) is 11.6. The molecule has 0 saturated heterocycles. The zero-order chi connectivity index (χ0) is 15.1. The number of carbonyl (C=O) groups excluding carboxylic acids is 1. The molecule has 0 fully saturated rings. The summed E-state index contributed by atoms with van der Waals surface area (Å²) in [6.45, 7) is 2.12. The molecule has 1 aromatic carbocycles. The summed E-state index contributed by atoms with van der Waals surface area (Å²) in [5, 5.41) is 4.02. The average molecular weight is 386 g/mol. The third kappa shape index (κ3) is 5.41. The lowest BCUT2D eigenvalue weighted by Crippen LogP contribution is -2.20. The van der Waals surface area contributed by atoms with Gasteiger partial charge >= 0.3 is 0 Å². The molecule has 1 heterocycles. The van der Waals surface area contributed by atoms with Crippen LogP contribution in [0, 0.1) is 0 Å². The van der Waals surface area contributed by atoms with E-state index in [1.54, 1.807) is 11.3 Å². The van der Waals surface area contributed by atoms with Gasteiger partial charge in [-0.25, -0.2) is 10.4 Å². The van der Waals surface area contributed by atoms with Crippen LogP contribution in [0.15, 0.2) is 33.7 Å². The van der Waals surface area contributed by atoms with Gasteiger partial charge in [0.2, 0.25) is 0 Å². The molecule has 0 bridgehead atoms. The number of aromatic nitrogens is 1. The highest BCUT2D eigenvalue weighted by Gasteiger charge is 2.07. The molecule has 1 amide bonds. The third-order valence-corrected chi connectivity index (χ3v) is 5.39. The van der Waals surface area contributed by atoms with E-state index in [0.717, 1.165) is 38.4 Å². The van der Waals surface area contributed by atoms with E-state index in [0.29, 0.717) is 5.75 Å². The van der Waals surface area contributed by atoms with Gasteiger partial charge in [-0.1, -0.05) is 37.2 Å². The summed E-state index contributed by atoms with van der Waals surface area (Å²) < 4.78 is 2.82. The van der Waals surface area contributed by atoms with Crippen molar-refractivity contribution in [1.82, 2.24) is 10.4 Å². The summed E-state index contributed by atoms with van der Waals surface area (Å²) in [7, 11) is 0. The number of amides is 1. The normalized spacial score (nSPS) is 11.8. The van der Waals surface area contributed by atoms with Gasteiger partial charge in [0.15, 0.2) is 4.34 Å². The number of thioether (sulfide) groups is 1. The lowest BCUT2D eigenvalue weighted by atomic mass is 10.3. The Morgan fingerprint density at radius 2 is 2.29 bits per heavy atom. The molecule has 0 saturated carbocycles. The van der Waals surface area contributed by atoms with Gasteiger partial charge in [-0.15, -0.1) is 11.3 Å². The first-order valence-corrected chi connectivity index (χ1v) is 9.28. The van der Waals surface area contributed by atoms with Gasteiger partial charge in [-0.05, 0) is 40.9 Å². The number of hydrogen-bond donors (Lipinski definition) is 1. The molecule has 0 unspecified atom stereocenters. The number of rotatable bonds is 7. The maximum atomic E-state index is 11.7. The Hall–Kier alpha value is -0.920. The summed E-state index contributed by atoms with van der Waals surface area (Å²) in [6.07, 6.45) is 3.01. The van der Waals surface area contributed by atoms with Crippen molar-refractivity contribution in [2.24, 2.45) is 5.10 Å². The number of nitrogens with zero attached hydrogens (tertiary/aromatic N) is 2. The first-order chi connectivity index (χ1) is 10.2. The van der Waals surface area contributed by atoms with Crippen LogP contribution in [0.25, 0.3) is 10.2 Å². The van der Waals surface area contributed by atoms with Crippen LogP contribution in [0.1, 0.15) is 26.2 Å². The number of hydrazone groups is 1. The molecule has 2 rings (SSSR count). The highest BCUT2D eigenvalue weighted by molar-refractivity contribution is 9.18. The molecule has 0 radical (unpaired) electrons. The number of benzene rings is 1. The Morgan fingerprint density at radius 3 is 3.05 bits per heavy atom. The van der Waals surface area contributed by atoms with Crippen molar-refractivity contribution in [2.75, 3.05) is 5.75 Å². The molecule has 1 aromatic heterocycles. The highest BCUT2D eigenvalue weighted by Crippen LogP contribution is 2.28. The largest absolute Gasteiger partial charge is 0.272 e. The van der Waals surface area contributed by atoms with Crippen LogP contribution in [-0.4, -0.2) is 21.3 Å². The lowest BCUT2D eigenvalue weighted by Gasteiger charge is -2.00. The van der Waals surface area contributed by atoms with Crippen LogP contribution in [-0.2, 0) is 4.79 Å². The second kappa shape index (κ2) is 8.51. The fraction of sp³-hybridized carbons (Fsp3) is 0.357. The molecule has 0 aliphatic rings. The molecule has 7 heteroatoms. The van der Waals surface area contributed by atoms with Crippen LogP contribution in [0.2, 0.25) is 0 Å². The van der Waals surface area contributed by atoms with Gasteiger partial charge in [-0.2, -0.15) is 5.10 Å². The molecule has 0 spiro atoms. The van der Waals surface area contributed by atoms with Crippen molar-refractivity contribution in [3.63, 3.8) is 0 Å². The molecule has 4 nitrogen and oxygen atoms in total. The summed E-state index contributed by atoms with van der Waals surface area (Å²) in [5.74, 6) is 0.199. The van der Waals surface area contributed by atoms with Crippen molar-refractivity contribution in [3.8, 4) is 0 Å². The minimum atomic E-state index is -0.118. The monoisotopic (exact) mass is 385 g/mol. The number of fused-ring (bicyclic) bond motifs is 1. The third-order valence-electron chi connectivity index (χ3n) is 2.64. The van der Waals surface area contributed by atoms with Crippen molar-refractivity contribution < 1.29 is 4.79 Å². The zero-order valence-corrected chi connectivity index (χ0v) is 14.9. The Bertz CT molecular complexity index is 609. The molecule has 0 atom stereocenters. The van der Waals surface area contributed by atoms with E-state index in [2.05, 4.69) is 38.4 Å². The first-order valence-electron chi connectivity index (χ1n) is 6.68. The van der Waals surface area contributed by atoms with E-state index in [4.69, 9.17) is 0 Å². The first kappa shape index (κ1) is 16.5. The van der Waals surface area contributed by atoms with Gasteiger partial charge in [0.1, 0.15) is 4.62 Å². The second-order valence-electron chi connectivity index (χ2n) is 4.36. The molecule has 112 valence electrons. The van der Waals surface area contributed by atoms with E-state index in [9.17, 15) is 4.79 Å². The molecule has 2 aromatic rings. The van der Waals surface area contributed by atoms with Crippen molar-refractivity contribution in [2.45, 2.75) is 30.5 Å². The molecular formula is C14H16BrN3OS2. The number of nitrogens with one attached hydrogen (secondary N) is 1. The lowest BCUT2D eigenvalue weighted by molar-refractivity contribution is -0.118. The van der Waals surface area contributed by atoms with Crippen molar-refractivity contribution in [1.29, 1.82) is 0 Å². The van der Waals surface area contributed by atoms with Crippen molar-refractivity contribution >= 4 is 59.8 Å². The molecule has 1 N–H and O–H groups in total. The highest BCUT2D eigenvalue weighted by atomic mass is 79.9. The fourth-order valence-corrected chi connectivity index (χ4v) is 3.80. The summed E-state index contributed by atoms with van der Waals surface area (Å²) in [4.78, 5) is 16.2. The maximum Gasteiger partial charge on any atom is 0.250 e. The molecular weight excluding hydrogens is 370 g/mol. The average Bonchev–Trinajstić information content (AvgIpc) is 2.91. The standard InChI is InChI=1S/C14H16BrN3OS2/c1-2-3-8-12(15)17-18-13(19)9-20-14-16-10-6-4-5-7-11(10)21-14/h4-7H,2-3,8-9H2,1H3,(H,18,19). The van der Waals surface area contributed by atoms with Gasteiger partial charge in [0.05, 0.1) is 16.0 Å². The summed E-state index contributed by atoms with van der Waals surface area (Å²) >= 11 is 6.38. The molecule has 0 aliphatic heterocycles. The van der Waals surface area contributed by atoms with Gasteiger partial charge in [0.25, 0.3) is 5.91 Å². The summed E-state index contributed by atoms with van der Waals surface area (Å²) in [6, 6.07) is 7.97. The number of halogens is 1. The van der Waals surface area contributed by atoms with Crippen LogP contribution < -0.4 is 5.43 Å². The minimum absolute atomic E-state index is 0.118. The fourth-order valence-electron chi connectivity index (χ4n) is 1.57. The maximum absolute atomic E-state index is 11.7. The number of carbonyl (C=O) groups is 1. The number of hydrogen-bond acceptors (Lipinski definition) is 5. The van der Waals surface area contributed by atoms with Crippen LogP contribution in [0.5, 0.6) is 0 Å². The SMILES string of the molecule is CCCCC(Br)=NNC(=O)CSc1nc2ccccc2s1. The number of thiazole rings is 1. The smallest absolute Gasteiger partial charge is 0.250 e. The Labute approximate surface area is 140 Å². The van der Waals surface area contributed by atoms with Crippen molar-refractivity contribution in [3.05, 3.63) is 24.3 Å². The van der Waals surface area contributed by atoms with E-state index < -0.39 is 0 Å². The second-order valence-corrected chi connectivity index (χ2v) is 7.53. The molecule has 21 heavy (non-hydrogen) atoms. The van der Waals surface area contributed by atoms with Gasteiger partial charge in [0, 0.05) is 0 Å².